The minimum atomic E-state index is -0.191. The van der Waals surface area contributed by atoms with Crippen molar-refractivity contribution in [2.75, 3.05) is 6.54 Å². The first-order valence-electron chi connectivity index (χ1n) is 6.34. The first-order chi connectivity index (χ1) is 9.18. The molecule has 1 heterocycles. The van der Waals surface area contributed by atoms with Gasteiger partial charge < -0.3 is 10.4 Å². The molecular weight excluding hydrogens is 238 g/mol. The van der Waals surface area contributed by atoms with E-state index >= 15 is 0 Å². The second kappa shape index (κ2) is 4.43. The highest BCUT2D eigenvalue weighted by molar-refractivity contribution is 6.00. The number of nitrogens with one attached hydrogen (secondary N) is 1. The fraction of sp³-hybridized carbons (Fsp3) is 0.188. The molecule has 0 aliphatic carbocycles. The van der Waals surface area contributed by atoms with E-state index in [0.717, 1.165) is 16.7 Å². The number of rotatable bonds is 1. The lowest BCUT2D eigenvalue weighted by Gasteiger charge is -2.28. The average Bonchev–Trinajstić information content (AvgIpc) is 2.44. The Morgan fingerprint density at radius 3 is 2.63 bits per heavy atom. The van der Waals surface area contributed by atoms with Crippen molar-refractivity contribution in [2.24, 2.45) is 0 Å². The summed E-state index contributed by atoms with van der Waals surface area (Å²) in [7, 11) is 0. The van der Waals surface area contributed by atoms with E-state index in [0.29, 0.717) is 12.1 Å². The van der Waals surface area contributed by atoms with Crippen LogP contribution in [0.25, 0.3) is 0 Å². The molecular formula is C16H15NO2. The van der Waals surface area contributed by atoms with Crippen LogP contribution in [0.1, 0.15) is 33.0 Å². The molecule has 2 aromatic rings. The molecule has 96 valence electrons. The van der Waals surface area contributed by atoms with Crippen LogP contribution < -0.4 is 5.32 Å². The number of hydrogen-bond donors (Lipinski definition) is 2. The van der Waals surface area contributed by atoms with Gasteiger partial charge in [-0.25, -0.2) is 0 Å². The molecule has 1 aliphatic rings. The number of fused-ring (bicyclic) bond motifs is 1. The molecule has 3 heteroatoms. The number of hydrogen-bond acceptors (Lipinski definition) is 2. The fourth-order valence-corrected chi connectivity index (χ4v) is 2.75. The van der Waals surface area contributed by atoms with Gasteiger partial charge in [0.25, 0.3) is 5.91 Å². The van der Waals surface area contributed by atoms with Crippen LogP contribution >= 0.6 is 0 Å². The summed E-state index contributed by atoms with van der Waals surface area (Å²) < 4.78 is 0. The first-order valence-corrected chi connectivity index (χ1v) is 6.34. The molecule has 0 spiro atoms. The maximum absolute atomic E-state index is 12.0. The number of benzene rings is 2. The molecule has 2 aromatic carbocycles. The number of aromatic hydroxyl groups is 1. The Morgan fingerprint density at radius 1 is 1.16 bits per heavy atom. The quantitative estimate of drug-likeness (QED) is 0.820. The van der Waals surface area contributed by atoms with Crippen molar-refractivity contribution in [3.63, 3.8) is 0 Å². The van der Waals surface area contributed by atoms with E-state index in [-0.39, 0.29) is 17.6 Å². The van der Waals surface area contributed by atoms with Crippen molar-refractivity contribution in [3.05, 3.63) is 64.7 Å². The summed E-state index contributed by atoms with van der Waals surface area (Å²) in [5, 5.41) is 12.8. The summed E-state index contributed by atoms with van der Waals surface area (Å²) >= 11 is 0. The van der Waals surface area contributed by atoms with Crippen LogP contribution in [0.3, 0.4) is 0 Å². The van der Waals surface area contributed by atoms with Crippen molar-refractivity contribution in [1.82, 2.24) is 5.32 Å². The molecule has 0 radical (unpaired) electrons. The average molecular weight is 253 g/mol. The topological polar surface area (TPSA) is 49.3 Å². The summed E-state index contributed by atoms with van der Waals surface area (Å²) in [5.74, 6) is -0.0388. The lowest BCUT2D eigenvalue weighted by molar-refractivity contribution is 0.0939. The molecule has 3 nitrogen and oxygen atoms in total. The summed E-state index contributed by atoms with van der Waals surface area (Å²) in [6.45, 7) is 2.55. The minimum absolute atomic E-state index is 0.0544. The zero-order chi connectivity index (χ0) is 13.4. The summed E-state index contributed by atoms with van der Waals surface area (Å²) in [6.07, 6.45) is 0. The van der Waals surface area contributed by atoms with Crippen molar-refractivity contribution >= 4 is 5.91 Å². The largest absolute Gasteiger partial charge is 0.507 e. The van der Waals surface area contributed by atoms with Crippen molar-refractivity contribution in [2.45, 2.75) is 12.8 Å². The number of phenols is 1. The van der Waals surface area contributed by atoms with Crippen molar-refractivity contribution in [1.29, 1.82) is 0 Å². The SMILES string of the molecule is Cc1ccc(O)c2c1C(c1ccccc1)CNC2=O. The Balaban J connectivity index is 2.21. The standard InChI is InChI=1S/C16H15NO2/c1-10-7-8-13(18)15-14(10)12(9-17-16(15)19)11-5-3-2-4-6-11/h2-8,12,18H,9H2,1H3,(H,17,19). The lowest BCUT2D eigenvalue weighted by atomic mass is 9.82. The first kappa shape index (κ1) is 11.8. The third-order valence-electron chi connectivity index (χ3n) is 3.69. The van der Waals surface area contributed by atoms with Gasteiger partial charge in [-0.05, 0) is 29.7 Å². The van der Waals surface area contributed by atoms with Crippen LogP contribution in [0, 0.1) is 6.92 Å². The number of carbonyl (C=O) groups is 1. The van der Waals surface area contributed by atoms with E-state index in [4.69, 9.17) is 0 Å². The molecule has 1 aliphatic heterocycles. The Labute approximate surface area is 111 Å². The summed E-state index contributed by atoms with van der Waals surface area (Å²) in [6, 6.07) is 13.5. The molecule has 0 aromatic heterocycles. The van der Waals surface area contributed by atoms with Gasteiger partial charge in [-0.3, -0.25) is 4.79 Å². The maximum atomic E-state index is 12.0. The Kier molecular flexibility index (Phi) is 2.75. The predicted octanol–water partition coefficient (Wildman–Crippen LogP) is 2.58. The fourth-order valence-electron chi connectivity index (χ4n) is 2.75. The molecule has 3 rings (SSSR count). The van der Waals surface area contributed by atoms with Crippen LogP contribution in [0.15, 0.2) is 42.5 Å². The second-order valence-corrected chi connectivity index (χ2v) is 4.86. The lowest BCUT2D eigenvalue weighted by Crippen LogP contribution is -2.36. The Morgan fingerprint density at radius 2 is 1.89 bits per heavy atom. The van der Waals surface area contributed by atoms with Gasteiger partial charge in [0.05, 0.1) is 5.56 Å². The van der Waals surface area contributed by atoms with Gasteiger partial charge in [-0.15, -0.1) is 0 Å². The highest BCUT2D eigenvalue weighted by Crippen LogP contribution is 2.36. The van der Waals surface area contributed by atoms with E-state index < -0.39 is 0 Å². The van der Waals surface area contributed by atoms with Crippen molar-refractivity contribution in [3.8, 4) is 5.75 Å². The molecule has 1 amide bonds. The van der Waals surface area contributed by atoms with E-state index in [9.17, 15) is 9.90 Å². The molecule has 1 atom stereocenters. The molecule has 1 unspecified atom stereocenters. The maximum Gasteiger partial charge on any atom is 0.255 e. The van der Waals surface area contributed by atoms with Crippen molar-refractivity contribution < 1.29 is 9.90 Å². The third-order valence-corrected chi connectivity index (χ3v) is 3.69. The molecule has 19 heavy (non-hydrogen) atoms. The molecule has 0 saturated heterocycles. The van der Waals surface area contributed by atoms with Gasteiger partial charge in [0.1, 0.15) is 5.75 Å². The Hall–Kier alpha value is -2.29. The Bertz CT molecular complexity index is 635. The zero-order valence-corrected chi connectivity index (χ0v) is 10.7. The minimum Gasteiger partial charge on any atom is -0.507 e. The van der Waals surface area contributed by atoms with E-state index in [1.54, 1.807) is 6.07 Å². The summed E-state index contributed by atoms with van der Waals surface area (Å²) in [5.41, 5.74) is 3.55. The van der Waals surface area contributed by atoms with E-state index in [1.165, 1.54) is 0 Å². The van der Waals surface area contributed by atoms with E-state index in [1.807, 2.05) is 31.2 Å². The van der Waals surface area contributed by atoms with Crippen LogP contribution in [0.2, 0.25) is 0 Å². The normalized spacial score (nSPS) is 17.7. The van der Waals surface area contributed by atoms with Gasteiger partial charge in [0.2, 0.25) is 0 Å². The molecule has 0 fully saturated rings. The summed E-state index contributed by atoms with van der Waals surface area (Å²) in [4.78, 5) is 12.0. The smallest absolute Gasteiger partial charge is 0.255 e. The van der Waals surface area contributed by atoms with Crippen LogP contribution in [-0.4, -0.2) is 17.6 Å². The van der Waals surface area contributed by atoms with E-state index in [2.05, 4.69) is 17.4 Å². The molecule has 2 N–H and O–H groups in total. The van der Waals surface area contributed by atoms with Crippen LogP contribution in [0.5, 0.6) is 5.75 Å². The van der Waals surface area contributed by atoms with Gasteiger partial charge in [0.15, 0.2) is 0 Å². The highest BCUT2D eigenvalue weighted by atomic mass is 16.3. The van der Waals surface area contributed by atoms with Gasteiger partial charge in [0, 0.05) is 12.5 Å². The highest BCUT2D eigenvalue weighted by Gasteiger charge is 2.30. The number of phenolic OH excluding ortho intramolecular Hbond substituents is 1. The van der Waals surface area contributed by atoms with Gasteiger partial charge >= 0.3 is 0 Å². The third kappa shape index (κ3) is 1.87. The second-order valence-electron chi connectivity index (χ2n) is 4.86. The van der Waals surface area contributed by atoms with Gasteiger partial charge in [-0.1, -0.05) is 36.4 Å². The predicted molar refractivity (Wildman–Crippen MR) is 73.5 cm³/mol. The number of amides is 1. The number of aryl methyl sites for hydroxylation is 1. The zero-order valence-electron chi connectivity index (χ0n) is 10.7. The van der Waals surface area contributed by atoms with Crippen LogP contribution in [0.4, 0.5) is 0 Å². The van der Waals surface area contributed by atoms with Crippen LogP contribution in [-0.2, 0) is 0 Å². The molecule has 0 saturated carbocycles. The molecule has 0 bridgehead atoms. The van der Waals surface area contributed by atoms with Gasteiger partial charge in [-0.2, -0.15) is 0 Å². The monoisotopic (exact) mass is 253 g/mol. The number of carbonyl (C=O) groups excluding carboxylic acids is 1.